The van der Waals surface area contributed by atoms with Crippen molar-refractivity contribution in [2.75, 3.05) is 13.1 Å². The highest BCUT2D eigenvalue weighted by atomic mass is 16.4. The highest BCUT2D eigenvalue weighted by molar-refractivity contribution is 6.41. The summed E-state index contributed by atoms with van der Waals surface area (Å²) in [5.74, 6) is -9.85. The molecule has 2 heterocycles. The van der Waals surface area contributed by atoms with Crippen molar-refractivity contribution in [1.82, 2.24) is 84.7 Å². The third kappa shape index (κ3) is 37.8. The monoisotopic (exact) mass is 1920 g/mol. The van der Waals surface area contributed by atoms with Crippen molar-refractivity contribution in [2.24, 2.45) is 29.4 Å². The Kier molecular flexibility index (Phi) is 46.3. The maximum absolute atomic E-state index is 15.5. The standard InChI is InChI=1S/C98H137N17O23/c1-53(2)45-68-52-102-72(39-41-78(99)120)84(126)83(125)58(8)104-90(132)77(49-67-51-101-71-34-28-27-33-70(67)71)110-91(133)75(48-66-35-37-69(119)38-36-66)109-89(131)73(40-42-79(121)122)112-96(138)98(16,115-93(135)76(47-65-31-25-24-26-32-65)111-94(136)80(63(13)117)113-92(134)74(46-54(3)4)108-64(14)118)44-30-23-21-19-17-18-20-22-29-43-97(15,114-88(68)130)95(137)107-61(11)87(129)106-60(10)86(128)105-59(9)85(127)103-57(7)82(124)81(123)56(6)100-50-55(5)62(12)116/h24-28,31-38,51,53-61,63,68,72-77,80,100-102,117,119H,21-23,29-30,39-50,52H2,1-16H3,(H2,99,120)(H,103,127)(H,104,132)(H,105,128)(H,106,129)(H,107,137)(H,108,118)(H,109,131)(H,110,133)(H,111,136)(H,112,138)(H,113,134)(H,114,130)(H,115,135)(H,121,122)/t55-,56-,57-,58?,59?,60-,61?,63+,68+,72-,73-,74-,75?,76-,77-,80-,97-,98+/m0/s1. The van der Waals surface area contributed by atoms with Crippen LogP contribution in [0.1, 0.15) is 211 Å². The number of aliphatic hydroxyl groups is 1. The van der Waals surface area contributed by atoms with Crippen molar-refractivity contribution in [3.05, 3.63) is 102 Å². The van der Waals surface area contributed by atoms with Gasteiger partial charge in [-0.25, -0.2) is 0 Å². The molecule has 40 heteroatoms. The van der Waals surface area contributed by atoms with Gasteiger partial charge in [0.15, 0.2) is 0 Å². The number of H-pyrrole nitrogens is 1. The van der Waals surface area contributed by atoms with Gasteiger partial charge in [0.05, 0.1) is 36.2 Å². The Morgan fingerprint density at radius 1 is 0.536 bits per heavy atom. The molecule has 5 rings (SSSR count). The fourth-order valence-electron chi connectivity index (χ4n) is 14.9. The van der Waals surface area contributed by atoms with Gasteiger partial charge in [-0.15, -0.1) is 0 Å². The maximum Gasteiger partial charge on any atom is 0.303 e. The predicted molar refractivity (Wildman–Crippen MR) is 509 cm³/mol. The number of aromatic amines is 1. The number of nitrogens with one attached hydrogen (secondary N) is 16. The van der Waals surface area contributed by atoms with Gasteiger partial charge in [0.1, 0.15) is 77.0 Å². The zero-order chi connectivity index (χ0) is 103. The van der Waals surface area contributed by atoms with Crippen LogP contribution in [0.5, 0.6) is 5.75 Å². The van der Waals surface area contributed by atoms with E-state index in [1.165, 1.54) is 100 Å². The van der Waals surface area contributed by atoms with Crippen molar-refractivity contribution >= 4 is 128 Å². The Morgan fingerprint density at radius 2 is 1.09 bits per heavy atom. The summed E-state index contributed by atoms with van der Waals surface area (Å²) in [5, 5.41) is 71.7. The number of phenolic OH excluding ortho intramolecular Hbond substituents is 1. The molecular formula is C98H137N17O23. The van der Waals surface area contributed by atoms with Gasteiger partial charge in [-0.1, -0.05) is 107 Å². The van der Waals surface area contributed by atoms with Crippen molar-refractivity contribution in [2.45, 2.75) is 309 Å². The molecule has 138 heavy (non-hydrogen) atoms. The molecule has 21 N–H and O–H groups in total. The second-order valence-corrected chi connectivity index (χ2v) is 36.7. The molecule has 14 amide bonds. The number of phenols is 1. The Bertz CT molecular complexity index is 5150. The average Bonchev–Trinajstić information content (AvgIpc) is 1.72. The minimum atomic E-state index is -2.14. The first-order valence-corrected chi connectivity index (χ1v) is 46.4. The van der Waals surface area contributed by atoms with Gasteiger partial charge < -0.3 is 106 Å². The summed E-state index contributed by atoms with van der Waals surface area (Å²) >= 11 is 0. The fourth-order valence-corrected chi connectivity index (χ4v) is 14.9. The van der Waals surface area contributed by atoms with Crippen LogP contribution < -0.4 is 85.5 Å². The molecule has 752 valence electrons. The summed E-state index contributed by atoms with van der Waals surface area (Å²) in [5.41, 5.74) is 3.36. The quantitative estimate of drug-likeness (QED) is 0.0214. The molecule has 1 aliphatic rings. The first kappa shape index (κ1) is 115. The summed E-state index contributed by atoms with van der Waals surface area (Å²) in [6.45, 7) is 22.7. The number of aromatic nitrogens is 1. The third-order valence-corrected chi connectivity index (χ3v) is 23.4. The van der Waals surface area contributed by atoms with Crippen molar-refractivity contribution in [1.29, 1.82) is 0 Å². The van der Waals surface area contributed by atoms with E-state index in [1.807, 2.05) is 0 Å². The number of ketones is 5. The zero-order valence-corrected chi connectivity index (χ0v) is 81.3. The van der Waals surface area contributed by atoms with Crippen molar-refractivity contribution < 1.29 is 111 Å². The number of carboxylic acid groups (broad SMARTS) is 1. The number of para-hydroxylation sites is 1. The second-order valence-electron chi connectivity index (χ2n) is 36.7. The van der Waals surface area contributed by atoms with Gasteiger partial charge in [-0.2, -0.15) is 0 Å². The van der Waals surface area contributed by atoms with E-state index in [9.17, 15) is 82.4 Å². The molecule has 1 aromatic heterocycles. The number of fused-ring (bicyclic) bond motifs is 1. The van der Waals surface area contributed by atoms with Crippen LogP contribution in [0.25, 0.3) is 10.9 Å². The number of carbonyl (C=O) groups excluding carboxylic acids is 19. The van der Waals surface area contributed by atoms with Gasteiger partial charge in [0.2, 0.25) is 106 Å². The molecule has 0 fully saturated rings. The number of benzene rings is 3. The van der Waals surface area contributed by atoms with E-state index in [2.05, 4.69) is 108 Å². The molecule has 3 aromatic carbocycles. The number of rotatable bonds is 39. The molecule has 0 spiro atoms. The first-order valence-electron chi connectivity index (χ1n) is 46.4. The largest absolute Gasteiger partial charge is 0.508 e. The number of Topliss-reactive ketones (excluding diaryl/α,β-unsaturated/α-hetero) is 5. The van der Waals surface area contributed by atoms with E-state index < -0.39 is 258 Å². The van der Waals surface area contributed by atoms with Crippen LogP contribution in [0.2, 0.25) is 0 Å². The highest BCUT2D eigenvalue weighted by Crippen LogP contribution is 2.25. The van der Waals surface area contributed by atoms with Crippen LogP contribution in [0.15, 0.2) is 85.1 Å². The summed E-state index contributed by atoms with van der Waals surface area (Å²) in [4.78, 5) is 283. The SMILES string of the molecule is CC(=O)N[C@@H](CC(C)C)C(=O)N[C@H](C(=O)N[C@@H](Cc1ccccc1)C(=O)N[C@]1(C)CCCCC#CC#CCCC[C@@](C)(C(=O)NC(C)C(=O)N[C@@H](C)C(=O)NC(C)C(=O)N[C@@H](C)C(=O)C(=O)[C@H](C)NC[C@H](C)C(C)=O)NC(=O)[C@H](CC(C)C)CN[C@@H](CCC(N)=O)C(=O)C(=O)C(C)NC(=O)[C@H](Cc2c[nH]c3ccccc23)NC(=O)C(Cc2ccc(O)cc2)NC(=O)[C@H](CCC(=O)O)NC1=O)[C@@H](C)O. The molecule has 0 saturated heterocycles. The van der Waals surface area contributed by atoms with Crippen molar-refractivity contribution in [3.8, 4) is 29.4 Å². The lowest BCUT2D eigenvalue weighted by molar-refractivity contribution is -0.140. The third-order valence-electron chi connectivity index (χ3n) is 23.4. The van der Waals surface area contributed by atoms with Crippen LogP contribution in [-0.2, 0) is 115 Å². The van der Waals surface area contributed by atoms with E-state index in [4.69, 9.17) is 5.73 Å². The number of aliphatic carboxylic acids is 1. The number of aromatic hydroxyl groups is 1. The number of amides is 14. The molecule has 0 saturated carbocycles. The molecule has 18 atom stereocenters. The zero-order valence-electron chi connectivity index (χ0n) is 81.3. The number of nitrogens with two attached hydrogens (primary N) is 1. The Morgan fingerprint density at radius 3 is 1.67 bits per heavy atom. The van der Waals surface area contributed by atoms with E-state index >= 15 is 28.8 Å². The van der Waals surface area contributed by atoms with Crippen LogP contribution >= 0.6 is 0 Å². The Balaban J connectivity index is 1.61. The summed E-state index contributed by atoms with van der Waals surface area (Å²) < 4.78 is 0. The number of primary amides is 1. The van der Waals surface area contributed by atoms with Crippen LogP contribution in [0, 0.1) is 47.4 Å². The number of hydrogen-bond acceptors (Lipinski definition) is 24. The second kappa shape index (κ2) is 55.6. The number of hydrogen-bond donors (Lipinski definition) is 20. The maximum atomic E-state index is 15.5. The first-order chi connectivity index (χ1) is 64.8. The molecule has 40 nitrogen and oxygen atoms in total. The number of carboxylic acids is 1. The lowest BCUT2D eigenvalue weighted by Crippen LogP contribution is -2.65. The van der Waals surface area contributed by atoms with E-state index in [0.29, 0.717) is 27.6 Å². The smallest absolute Gasteiger partial charge is 0.303 e. The minimum absolute atomic E-state index is 0.0272. The van der Waals surface area contributed by atoms with Gasteiger partial charge >= 0.3 is 5.97 Å². The van der Waals surface area contributed by atoms with E-state index in [1.54, 1.807) is 95.4 Å². The molecule has 0 bridgehead atoms. The summed E-state index contributed by atoms with van der Waals surface area (Å²) in [6.07, 6.45) is -3.37. The van der Waals surface area contributed by atoms with Gasteiger partial charge in [0.25, 0.3) is 0 Å². The topological polar surface area (TPSA) is 624 Å². The van der Waals surface area contributed by atoms with Gasteiger partial charge in [0, 0.05) is 88.0 Å². The highest BCUT2D eigenvalue weighted by Gasteiger charge is 2.44. The molecule has 1 aliphatic heterocycles. The van der Waals surface area contributed by atoms with Crippen LogP contribution in [-0.4, -0.2) is 247 Å². The minimum Gasteiger partial charge on any atom is -0.508 e. The lowest BCUT2D eigenvalue weighted by atomic mass is 9.89. The van der Waals surface area contributed by atoms with Crippen LogP contribution in [0.3, 0.4) is 0 Å². The average molecular weight is 1920 g/mol. The van der Waals surface area contributed by atoms with Gasteiger partial charge in [-0.05, 0) is 186 Å². The van der Waals surface area contributed by atoms with E-state index in [0.717, 1.165) is 0 Å². The Hall–Kier alpha value is -13.6. The van der Waals surface area contributed by atoms with Crippen molar-refractivity contribution in [3.63, 3.8) is 0 Å². The summed E-state index contributed by atoms with van der Waals surface area (Å²) in [6, 6.07) is 0.864. The molecular weight excluding hydrogens is 1780 g/mol. The molecule has 4 unspecified atom stereocenters. The van der Waals surface area contributed by atoms with Crippen LogP contribution in [0.4, 0.5) is 0 Å². The molecule has 4 aromatic rings. The fraction of sp³-hybridized carbons (Fsp3) is 0.551. The number of aliphatic hydroxyl groups excluding tert-OH is 1. The molecule has 0 radical (unpaired) electrons. The van der Waals surface area contributed by atoms with E-state index in [-0.39, 0.29) is 101 Å². The Labute approximate surface area is 803 Å². The number of carbonyl (C=O) groups is 20. The summed E-state index contributed by atoms with van der Waals surface area (Å²) in [7, 11) is 0. The predicted octanol–water partition coefficient (Wildman–Crippen LogP) is 0.512. The molecule has 0 aliphatic carbocycles. The lowest BCUT2D eigenvalue weighted by Gasteiger charge is -2.34. The van der Waals surface area contributed by atoms with Gasteiger partial charge in [-0.3, -0.25) is 95.9 Å². The normalized spacial score (nSPS) is 21.5.